The zero-order chi connectivity index (χ0) is 16.2. The molecule has 0 bridgehead atoms. The molecule has 7 nitrogen and oxygen atoms in total. The summed E-state index contributed by atoms with van der Waals surface area (Å²) in [6, 6.07) is 7.41. The van der Waals surface area contributed by atoms with Gasteiger partial charge >= 0.3 is 5.69 Å². The number of piperidine rings is 1. The third kappa shape index (κ3) is 3.58. The fraction of sp³-hybridized carbons (Fsp3) is 0.333. The van der Waals surface area contributed by atoms with E-state index in [4.69, 9.17) is 0 Å². The van der Waals surface area contributed by atoms with E-state index in [2.05, 4.69) is 31.2 Å². The second-order valence-corrected chi connectivity index (χ2v) is 6.25. The molecule has 2 heterocycles. The largest absolute Gasteiger partial charge is 0.353 e. The van der Waals surface area contributed by atoms with Crippen molar-refractivity contribution in [3.8, 4) is 0 Å². The smallest absolute Gasteiger partial charge is 0.351 e. The number of benzene rings is 1. The minimum absolute atomic E-state index is 0.0747. The van der Waals surface area contributed by atoms with Crippen LogP contribution in [0.15, 0.2) is 35.1 Å². The van der Waals surface area contributed by atoms with Crippen LogP contribution in [-0.2, 0) is 0 Å². The van der Waals surface area contributed by atoms with Crippen LogP contribution in [0.1, 0.15) is 19.3 Å². The zero-order valence-electron chi connectivity index (χ0n) is 12.4. The van der Waals surface area contributed by atoms with E-state index >= 15 is 0 Å². The van der Waals surface area contributed by atoms with Crippen molar-refractivity contribution < 1.29 is 4.92 Å². The highest BCUT2D eigenvalue weighted by Gasteiger charge is 2.27. The molecule has 0 aliphatic carbocycles. The van der Waals surface area contributed by atoms with Crippen molar-refractivity contribution in [3.05, 3.63) is 45.2 Å². The van der Waals surface area contributed by atoms with Crippen molar-refractivity contribution in [1.82, 2.24) is 9.97 Å². The lowest BCUT2D eigenvalue weighted by molar-refractivity contribution is -0.383. The molecule has 3 rings (SSSR count). The van der Waals surface area contributed by atoms with Gasteiger partial charge in [0, 0.05) is 23.2 Å². The van der Waals surface area contributed by atoms with Crippen LogP contribution in [-0.4, -0.2) is 28.0 Å². The highest BCUT2D eigenvalue weighted by Crippen LogP contribution is 2.34. The molecular formula is C15H16BrN5O2. The van der Waals surface area contributed by atoms with Crippen molar-refractivity contribution in [2.24, 2.45) is 0 Å². The van der Waals surface area contributed by atoms with Gasteiger partial charge in [0.1, 0.15) is 6.33 Å². The van der Waals surface area contributed by atoms with E-state index in [1.165, 1.54) is 6.33 Å². The molecule has 0 amide bonds. The minimum atomic E-state index is -0.412. The first-order valence-corrected chi connectivity index (χ1v) is 8.21. The van der Waals surface area contributed by atoms with Gasteiger partial charge in [-0.2, -0.15) is 0 Å². The molecule has 0 unspecified atom stereocenters. The maximum atomic E-state index is 11.6. The van der Waals surface area contributed by atoms with Crippen molar-refractivity contribution in [2.45, 2.75) is 19.3 Å². The number of aromatic nitrogens is 2. The molecule has 23 heavy (non-hydrogen) atoms. The summed E-state index contributed by atoms with van der Waals surface area (Å²) >= 11 is 3.39. The van der Waals surface area contributed by atoms with Crippen LogP contribution in [0.5, 0.6) is 0 Å². The van der Waals surface area contributed by atoms with E-state index in [-0.39, 0.29) is 11.5 Å². The first kappa shape index (κ1) is 15.7. The highest BCUT2D eigenvalue weighted by molar-refractivity contribution is 9.10. The molecule has 1 fully saturated rings. The molecule has 1 aliphatic heterocycles. The molecular weight excluding hydrogens is 362 g/mol. The Morgan fingerprint density at radius 3 is 2.70 bits per heavy atom. The average molecular weight is 378 g/mol. The molecule has 1 aromatic carbocycles. The molecule has 1 saturated heterocycles. The summed E-state index contributed by atoms with van der Waals surface area (Å²) in [5.41, 5.74) is 0.653. The Morgan fingerprint density at radius 2 is 2.00 bits per heavy atom. The Bertz CT molecular complexity index is 719. The van der Waals surface area contributed by atoms with Gasteiger partial charge in [-0.15, -0.1) is 0 Å². The summed E-state index contributed by atoms with van der Waals surface area (Å²) in [5, 5.41) is 14.6. The lowest BCUT2D eigenvalue weighted by Gasteiger charge is -2.27. The number of nitrogens with zero attached hydrogens (tertiary/aromatic N) is 4. The summed E-state index contributed by atoms with van der Waals surface area (Å²) in [4.78, 5) is 21.4. The quantitative estimate of drug-likeness (QED) is 0.642. The first-order valence-electron chi connectivity index (χ1n) is 7.42. The molecule has 0 radical (unpaired) electrons. The van der Waals surface area contributed by atoms with Crippen molar-refractivity contribution in [3.63, 3.8) is 0 Å². The molecule has 1 aromatic heterocycles. The zero-order valence-corrected chi connectivity index (χ0v) is 14.0. The lowest BCUT2D eigenvalue weighted by atomic mass is 10.1. The molecule has 1 N–H and O–H groups in total. The van der Waals surface area contributed by atoms with Gasteiger partial charge in [0.2, 0.25) is 11.6 Å². The maximum Gasteiger partial charge on any atom is 0.353 e. The van der Waals surface area contributed by atoms with E-state index in [0.717, 1.165) is 42.5 Å². The second kappa shape index (κ2) is 6.91. The van der Waals surface area contributed by atoms with Gasteiger partial charge in [0.05, 0.1) is 4.92 Å². The first-order chi connectivity index (χ1) is 11.1. The molecule has 0 atom stereocenters. The monoisotopic (exact) mass is 377 g/mol. The van der Waals surface area contributed by atoms with E-state index < -0.39 is 4.92 Å². The van der Waals surface area contributed by atoms with Crippen LogP contribution in [0.4, 0.5) is 23.0 Å². The van der Waals surface area contributed by atoms with E-state index in [0.29, 0.717) is 5.82 Å². The molecule has 120 valence electrons. The molecule has 2 aromatic rings. The number of halogens is 1. The predicted molar refractivity (Wildman–Crippen MR) is 92.2 cm³/mol. The SMILES string of the molecule is O=[N+]([O-])c1c(Nc2cccc(Br)c2)ncnc1N1CCCCC1. The Hall–Kier alpha value is -2.22. The Labute approximate surface area is 142 Å². The second-order valence-electron chi connectivity index (χ2n) is 5.33. The number of hydrogen-bond acceptors (Lipinski definition) is 6. The number of rotatable bonds is 4. The fourth-order valence-corrected chi connectivity index (χ4v) is 3.07. The number of nitrogens with one attached hydrogen (secondary N) is 1. The van der Waals surface area contributed by atoms with Crippen LogP contribution in [0.25, 0.3) is 0 Å². The summed E-state index contributed by atoms with van der Waals surface area (Å²) in [6.45, 7) is 1.57. The summed E-state index contributed by atoms with van der Waals surface area (Å²) in [6.07, 6.45) is 4.57. The Kier molecular flexibility index (Phi) is 4.71. The molecule has 1 aliphatic rings. The van der Waals surface area contributed by atoms with Crippen molar-refractivity contribution >= 4 is 38.9 Å². The minimum Gasteiger partial charge on any atom is -0.351 e. The van der Waals surface area contributed by atoms with Crippen LogP contribution < -0.4 is 10.2 Å². The summed E-state index contributed by atoms with van der Waals surface area (Å²) in [5.74, 6) is 0.603. The number of anilines is 3. The predicted octanol–water partition coefficient (Wildman–Crippen LogP) is 3.88. The third-order valence-electron chi connectivity index (χ3n) is 3.73. The van der Waals surface area contributed by atoms with Crippen LogP contribution in [0, 0.1) is 10.1 Å². The summed E-state index contributed by atoms with van der Waals surface area (Å²) in [7, 11) is 0. The van der Waals surface area contributed by atoms with E-state index in [9.17, 15) is 10.1 Å². The molecule has 0 spiro atoms. The van der Waals surface area contributed by atoms with Gasteiger partial charge in [0.15, 0.2) is 0 Å². The van der Waals surface area contributed by atoms with Crippen LogP contribution >= 0.6 is 15.9 Å². The van der Waals surface area contributed by atoms with E-state index in [1.807, 2.05) is 29.2 Å². The van der Waals surface area contributed by atoms with Crippen molar-refractivity contribution in [2.75, 3.05) is 23.3 Å². The van der Waals surface area contributed by atoms with E-state index in [1.54, 1.807) is 0 Å². The third-order valence-corrected chi connectivity index (χ3v) is 4.22. The topological polar surface area (TPSA) is 84.2 Å². The van der Waals surface area contributed by atoms with Crippen LogP contribution in [0.3, 0.4) is 0 Å². The maximum absolute atomic E-state index is 11.6. The van der Waals surface area contributed by atoms with Gasteiger partial charge in [-0.3, -0.25) is 10.1 Å². The highest BCUT2D eigenvalue weighted by atomic mass is 79.9. The Balaban J connectivity index is 1.97. The van der Waals surface area contributed by atoms with Gasteiger partial charge in [0.25, 0.3) is 0 Å². The fourth-order valence-electron chi connectivity index (χ4n) is 2.67. The van der Waals surface area contributed by atoms with Gasteiger partial charge in [-0.05, 0) is 37.5 Å². The normalized spacial score (nSPS) is 14.6. The van der Waals surface area contributed by atoms with Gasteiger partial charge in [-0.1, -0.05) is 22.0 Å². The number of hydrogen-bond donors (Lipinski definition) is 1. The Morgan fingerprint density at radius 1 is 1.22 bits per heavy atom. The lowest BCUT2D eigenvalue weighted by Crippen LogP contribution is -2.31. The van der Waals surface area contributed by atoms with Crippen LogP contribution in [0.2, 0.25) is 0 Å². The standard InChI is InChI=1S/C15H16BrN5O2/c16-11-5-4-6-12(9-11)19-14-13(21(22)23)15(18-10-17-14)20-7-2-1-3-8-20/h4-6,9-10H,1-3,7-8H2,(H,17,18,19). The number of nitro groups is 1. The molecule has 0 saturated carbocycles. The van der Waals surface area contributed by atoms with Crippen molar-refractivity contribution in [1.29, 1.82) is 0 Å². The summed E-state index contributed by atoms with van der Waals surface area (Å²) < 4.78 is 0.885. The average Bonchev–Trinajstić information content (AvgIpc) is 2.55. The van der Waals surface area contributed by atoms with Gasteiger partial charge in [-0.25, -0.2) is 9.97 Å². The van der Waals surface area contributed by atoms with Gasteiger partial charge < -0.3 is 10.2 Å². The molecule has 8 heteroatoms.